The van der Waals surface area contributed by atoms with Gasteiger partial charge in [-0.1, -0.05) is 18.2 Å². The molecule has 3 N–H and O–H groups in total. The zero-order chi connectivity index (χ0) is 14.9. The summed E-state index contributed by atoms with van der Waals surface area (Å²) in [6.07, 6.45) is 1.08. The van der Waals surface area contributed by atoms with Crippen LogP contribution in [-0.4, -0.2) is 29.6 Å². The van der Waals surface area contributed by atoms with Crippen LogP contribution in [0.2, 0.25) is 0 Å². The number of nitrogens with two attached hydrogens (primary N) is 1. The normalized spacial score (nSPS) is 17.6. The average molecular weight is 285 g/mol. The molecule has 5 nitrogen and oxygen atoms in total. The van der Waals surface area contributed by atoms with Crippen LogP contribution in [0.25, 0.3) is 10.9 Å². The molecular weight excluding hydrogens is 266 g/mol. The second-order valence-corrected chi connectivity index (χ2v) is 5.55. The third-order valence-corrected chi connectivity index (χ3v) is 3.94. The van der Waals surface area contributed by atoms with Gasteiger partial charge in [-0.15, -0.1) is 0 Å². The number of benzene rings is 1. The highest BCUT2D eigenvalue weighted by Crippen LogP contribution is 2.25. The van der Waals surface area contributed by atoms with Crippen molar-refractivity contribution in [3.05, 3.63) is 36.0 Å². The number of anilines is 1. The van der Waals surface area contributed by atoms with Gasteiger partial charge >= 0.3 is 0 Å². The molecule has 2 aromatic rings. The van der Waals surface area contributed by atoms with Crippen LogP contribution in [0.4, 0.5) is 5.69 Å². The average Bonchev–Trinajstić information content (AvgIpc) is 2.48. The second kappa shape index (κ2) is 5.42. The van der Waals surface area contributed by atoms with Gasteiger partial charge in [0.1, 0.15) is 5.54 Å². The summed E-state index contributed by atoms with van der Waals surface area (Å²) < 4.78 is 5.28. The molecule has 0 saturated carbocycles. The third kappa shape index (κ3) is 2.75. The molecule has 1 aromatic carbocycles. The summed E-state index contributed by atoms with van der Waals surface area (Å²) in [5.74, 6) is -0.165. The Kier molecular flexibility index (Phi) is 3.61. The number of amides is 1. The summed E-state index contributed by atoms with van der Waals surface area (Å²) in [7, 11) is 0. The minimum absolute atomic E-state index is 0.165. The van der Waals surface area contributed by atoms with E-state index < -0.39 is 5.54 Å². The standard InChI is InChI=1S/C16H19N3O2/c1-11-5-6-12-3-2-4-13(14(12)18-11)19-15(20)16(17)7-9-21-10-8-16/h2-6H,7-10,17H2,1H3,(H,19,20). The predicted octanol–water partition coefficient (Wildman–Crippen LogP) is 1.99. The molecule has 0 spiro atoms. The van der Waals surface area contributed by atoms with E-state index >= 15 is 0 Å². The highest BCUT2D eigenvalue weighted by molar-refractivity contribution is 6.04. The van der Waals surface area contributed by atoms with E-state index in [4.69, 9.17) is 10.5 Å². The van der Waals surface area contributed by atoms with Crippen LogP contribution in [0.15, 0.2) is 30.3 Å². The van der Waals surface area contributed by atoms with Gasteiger partial charge in [0.2, 0.25) is 5.91 Å². The number of hydrogen-bond donors (Lipinski definition) is 2. The number of rotatable bonds is 2. The fourth-order valence-corrected chi connectivity index (χ4v) is 2.56. The summed E-state index contributed by atoms with van der Waals surface area (Å²) in [6.45, 7) is 2.98. The van der Waals surface area contributed by atoms with Gasteiger partial charge in [-0.05, 0) is 31.9 Å². The Morgan fingerprint density at radius 3 is 2.81 bits per heavy atom. The van der Waals surface area contributed by atoms with Crippen molar-refractivity contribution < 1.29 is 9.53 Å². The minimum Gasteiger partial charge on any atom is -0.381 e. The van der Waals surface area contributed by atoms with E-state index in [1.807, 2.05) is 37.3 Å². The maximum atomic E-state index is 12.5. The van der Waals surface area contributed by atoms with Crippen LogP contribution >= 0.6 is 0 Å². The van der Waals surface area contributed by atoms with Crippen molar-refractivity contribution in [1.82, 2.24) is 4.98 Å². The first kappa shape index (κ1) is 14.0. The van der Waals surface area contributed by atoms with Crippen LogP contribution < -0.4 is 11.1 Å². The van der Waals surface area contributed by atoms with E-state index in [0.29, 0.717) is 31.7 Å². The molecule has 0 atom stereocenters. The number of nitrogens with one attached hydrogen (secondary N) is 1. The molecule has 0 radical (unpaired) electrons. The summed E-state index contributed by atoms with van der Waals surface area (Å²) in [5, 5.41) is 3.94. The molecular formula is C16H19N3O2. The lowest BCUT2D eigenvalue weighted by Crippen LogP contribution is -2.54. The topological polar surface area (TPSA) is 77.2 Å². The zero-order valence-corrected chi connectivity index (χ0v) is 12.1. The Morgan fingerprint density at radius 2 is 2.05 bits per heavy atom. The first-order valence-electron chi connectivity index (χ1n) is 7.13. The second-order valence-electron chi connectivity index (χ2n) is 5.55. The monoisotopic (exact) mass is 285 g/mol. The third-order valence-electron chi connectivity index (χ3n) is 3.94. The van der Waals surface area contributed by atoms with E-state index in [2.05, 4.69) is 10.3 Å². The molecule has 1 fully saturated rings. The first-order chi connectivity index (χ1) is 10.1. The van der Waals surface area contributed by atoms with Crippen molar-refractivity contribution >= 4 is 22.5 Å². The molecule has 21 heavy (non-hydrogen) atoms. The molecule has 1 aliphatic rings. The van der Waals surface area contributed by atoms with Gasteiger partial charge in [0.15, 0.2) is 0 Å². The molecule has 1 saturated heterocycles. The van der Waals surface area contributed by atoms with Crippen LogP contribution in [0.1, 0.15) is 18.5 Å². The van der Waals surface area contributed by atoms with E-state index in [9.17, 15) is 4.79 Å². The zero-order valence-electron chi connectivity index (χ0n) is 12.1. The van der Waals surface area contributed by atoms with Crippen LogP contribution in [-0.2, 0) is 9.53 Å². The maximum absolute atomic E-state index is 12.5. The highest BCUT2D eigenvalue weighted by atomic mass is 16.5. The number of fused-ring (bicyclic) bond motifs is 1. The Labute approximate surface area is 123 Å². The first-order valence-corrected chi connectivity index (χ1v) is 7.13. The van der Waals surface area contributed by atoms with E-state index in [1.165, 1.54) is 0 Å². The van der Waals surface area contributed by atoms with E-state index in [0.717, 1.165) is 16.6 Å². The molecule has 1 amide bonds. The summed E-state index contributed by atoms with van der Waals surface area (Å²) in [4.78, 5) is 17.0. The predicted molar refractivity (Wildman–Crippen MR) is 82.1 cm³/mol. The Balaban J connectivity index is 1.91. The van der Waals surface area contributed by atoms with Crippen molar-refractivity contribution in [3.8, 4) is 0 Å². The smallest absolute Gasteiger partial charge is 0.244 e. The number of carbonyl (C=O) groups is 1. The lowest BCUT2D eigenvalue weighted by Gasteiger charge is -2.31. The van der Waals surface area contributed by atoms with Gasteiger partial charge in [0, 0.05) is 24.3 Å². The van der Waals surface area contributed by atoms with Gasteiger partial charge in [0.25, 0.3) is 0 Å². The molecule has 1 aromatic heterocycles. The largest absolute Gasteiger partial charge is 0.381 e. The van der Waals surface area contributed by atoms with Crippen molar-refractivity contribution in [2.75, 3.05) is 18.5 Å². The quantitative estimate of drug-likeness (QED) is 0.884. The van der Waals surface area contributed by atoms with Gasteiger partial charge < -0.3 is 15.8 Å². The number of para-hydroxylation sites is 1. The van der Waals surface area contributed by atoms with Gasteiger partial charge in [-0.3, -0.25) is 9.78 Å². The van der Waals surface area contributed by atoms with Gasteiger partial charge in [0.05, 0.1) is 11.2 Å². The minimum atomic E-state index is -0.857. The van der Waals surface area contributed by atoms with Gasteiger partial charge in [-0.25, -0.2) is 0 Å². The summed E-state index contributed by atoms with van der Waals surface area (Å²) in [5.41, 5.74) is 7.77. The molecule has 0 aliphatic carbocycles. The fraction of sp³-hybridized carbons (Fsp3) is 0.375. The Hall–Kier alpha value is -1.98. The fourth-order valence-electron chi connectivity index (χ4n) is 2.56. The number of carbonyl (C=O) groups excluding carboxylic acids is 1. The molecule has 2 heterocycles. The lowest BCUT2D eigenvalue weighted by molar-refractivity contribution is -0.124. The molecule has 0 bridgehead atoms. The number of nitrogens with zero attached hydrogens (tertiary/aromatic N) is 1. The van der Waals surface area contributed by atoms with Crippen molar-refractivity contribution in [3.63, 3.8) is 0 Å². The molecule has 3 rings (SSSR count). The number of aryl methyl sites for hydroxylation is 1. The van der Waals surface area contributed by atoms with Crippen molar-refractivity contribution in [1.29, 1.82) is 0 Å². The molecule has 1 aliphatic heterocycles. The number of aromatic nitrogens is 1. The van der Waals surface area contributed by atoms with E-state index in [1.54, 1.807) is 0 Å². The summed E-state index contributed by atoms with van der Waals surface area (Å²) >= 11 is 0. The van der Waals surface area contributed by atoms with Crippen LogP contribution in [0.5, 0.6) is 0 Å². The summed E-state index contributed by atoms with van der Waals surface area (Å²) in [6, 6.07) is 9.69. The highest BCUT2D eigenvalue weighted by Gasteiger charge is 2.36. The molecule has 5 heteroatoms. The van der Waals surface area contributed by atoms with Crippen LogP contribution in [0.3, 0.4) is 0 Å². The van der Waals surface area contributed by atoms with Gasteiger partial charge in [-0.2, -0.15) is 0 Å². The lowest BCUT2D eigenvalue weighted by atomic mass is 9.90. The number of hydrogen-bond acceptors (Lipinski definition) is 4. The van der Waals surface area contributed by atoms with Crippen molar-refractivity contribution in [2.24, 2.45) is 5.73 Å². The Bertz CT molecular complexity index is 678. The molecule has 110 valence electrons. The number of ether oxygens (including phenoxy) is 1. The number of pyridine rings is 1. The molecule has 0 unspecified atom stereocenters. The van der Waals surface area contributed by atoms with Crippen LogP contribution in [0, 0.1) is 6.92 Å². The van der Waals surface area contributed by atoms with Crippen molar-refractivity contribution in [2.45, 2.75) is 25.3 Å². The SMILES string of the molecule is Cc1ccc2cccc(NC(=O)C3(N)CCOCC3)c2n1. The van der Waals surface area contributed by atoms with E-state index in [-0.39, 0.29) is 5.91 Å². The Morgan fingerprint density at radius 1 is 1.29 bits per heavy atom. The maximum Gasteiger partial charge on any atom is 0.244 e.